The standard InChI is InChI=1S/C22H25IN4O3/c1-22(2,3)17-5-7-18(8-6-17)29-9-10-30-21-19(23)11-16(12-20(21)28-4)13-26-27-14-24-25-15-27/h5-8,11-15H,9-10H2,1-4H3/b26-13-. The summed E-state index contributed by atoms with van der Waals surface area (Å²) < 4.78 is 19.7. The van der Waals surface area contributed by atoms with Crippen LogP contribution in [0.5, 0.6) is 17.2 Å². The van der Waals surface area contributed by atoms with E-state index in [-0.39, 0.29) is 5.41 Å². The minimum Gasteiger partial charge on any atom is -0.493 e. The van der Waals surface area contributed by atoms with Gasteiger partial charge in [-0.2, -0.15) is 5.10 Å². The van der Waals surface area contributed by atoms with E-state index in [0.29, 0.717) is 24.7 Å². The minimum atomic E-state index is 0.126. The molecule has 1 aromatic heterocycles. The van der Waals surface area contributed by atoms with Crippen LogP contribution in [0.4, 0.5) is 0 Å². The van der Waals surface area contributed by atoms with Crippen LogP contribution in [0.25, 0.3) is 0 Å². The summed E-state index contributed by atoms with van der Waals surface area (Å²) in [6.45, 7) is 7.42. The van der Waals surface area contributed by atoms with Crippen molar-refractivity contribution < 1.29 is 14.2 Å². The molecular weight excluding hydrogens is 495 g/mol. The predicted octanol–water partition coefficient (Wildman–Crippen LogP) is 4.53. The highest BCUT2D eigenvalue weighted by atomic mass is 127. The van der Waals surface area contributed by atoms with E-state index < -0.39 is 0 Å². The van der Waals surface area contributed by atoms with Crippen molar-refractivity contribution in [1.29, 1.82) is 0 Å². The van der Waals surface area contributed by atoms with Crippen LogP contribution in [-0.4, -0.2) is 41.4 Å². The Hall–Kier alpha value is -2.62. The Morgan fingerprint density at radius 2 is 1.70 bits per heavy atom. The first-order chi connectivity index (χ1) is 14.4. The second-order valence-electron chi connectivity index (χ2n) is 7.59. The van der Waals surface area contributed by atoms with E-state index in [1.165, 1.54) is 22.9 Å². The molecule has 0 atom stereocenters. The molecule has 7 nitrogen and oxygen atoms in total. The lowest BCUT2D eigenvalue weighted by Gasteiger charge is -2.19. The van der Waals surface area contributed by atoms with Gasteiger partial charge < -0.3 is 14.2 Å². The maximum Gasteiger partial charge on any atom is 0.174 e. The van der Waals surface area contributed by atoms with Crippen molar-refractivity contribution in [3.05, 3.63) is 63.7 Å². The molecule has 0 spiro atoms. The Labute approximate surface area is 190 Å². The topological polar surface area (TPSA) is 70.8 Å². The average Bonchev–Trinajstić information content (AvgIpc) is 3.23. The number of hydrogen-bond donors (Lipinski definition) is 0. The molecule has 3 rings (SSSR count). The van der Waals surface area contributed by atoms with Crippen LogP contribution in [0.2, 0.25) is 0 Å². The largest absolute Gasteiger partial charge is 0.493 e. The zero-order valence-corrected chi connectivity index (χ0v) is 19.7. The smallest absolute Gasteiger partial charge is 0.174 e. The molecule has 0 unspecified atom stereocenters. The molecule has 1 heterocycles. The Morgan fingerprint density at radius 1 is 1.03 bits per heavy atom. The average molecular weight is 520 g/mol. The van der Waals surface area contributed by atoms with Gasteiger partial charge in [0.1, 0.15) is 31.6 Å². The molecule has 0 N–H and O–H groups in total. The minimum absolute atomic E-state index is 0.126. The summed E-state index contributed by atoms with van der Waals surface area (Å²) in [4.78, 5) is 0. The third-order valence-electron chi connectivity index (χ3n) is 4.32. The molecule has 0 saturated carbocycles. The molecule has 8 heteroatoms. The fraction of sp³-hybridized carbons (Fsp3) is 0.318. The fourth-order valence-corrected chi connectivity index (χ4v) is 3.48. The van der Waals surface area contributed by atoms with Crippen LogP contribution in [0.15, 0.2) is 54.2 Å². The molecule has 30 heavy (non-hydrogen) atoms. The first kappa shape index (κ1) is 22.1. The molecule has 2 aromatic carbocycles. The van der Waals surface area contributed by atoms with E-state index in [4.69, 9.17) is 14.2 Å². The van der Waals surface area contributed by atoms with Crippen molar-refractivity contribution in [2.24, 2.45) is 5.10 Å². The van der Waals surface area contributed by atoms with Crippen LogP contribution in [0.3, 0.4) is 0 Å². The second kappa shape index (κ2) is 9.92. The van der Waals surface area contributed by atoms with Gasteiger partial charge in [0.05, 0.1) is 16.9 Å². The second-order valence-corrected chi connectivity index (χ2v) is 8.75. The Morgan fingerprint density at radius 3 is 2.33 bits per heavy atom. The number of halogens is 1. The third kappa shape index (κ3) is 5.94. The monoisotopic (exact) mass is 520 g/mol. The fourth-order valence-electron chi connectivity index (χ4n) is 2.70. The lowest BCUT2D eigenvalue weighted by Crippen LogP contribution is -2.12. The Bertz CT molecular complexity index is 981. The first-order valence-electron chi connectivity index (χ1n) is 9.49. The maximum absolute atomic E-state index is 5.94. The van der Waals surface area contributed by atoms with Gasteiger partial charge in [0.25, 0.3) is 0 Å². The van der Waals surface area contributed by atoms with Crippen molar-refractivity contribution in [3.63, 3.8) is 0 Å². The summed E-state index contributed by atoms with van der Waals surface area (Å²) in [5.74, 6) is 2.15. The van der Waals surface area contributed by atoms with Crippen LogP contribution in [-0.2, 0) is 5.41 Å². The molecule has 158 valence electrons. The van der Waals surface area contributed by atoms with Crippen molar-refractivity contribution in [1.82, 2.24) is 14.9 Å². The van der Waals surface area contributed by atoms with Crippen molar-refractivity contribution in [2.75, 3.05) is 20.3 Å². The SMILES string of the molecule is COc1cc(/C=N\n2cnnc2)cc(I)c1OCCOc1ccc(C(C)(C)C)cc1. The number of nitrogens with zero attached hydrogens (tertiary/aromatic N) is 4. The molecule has 0 fully saturated rings. The van der Waals surface area contributed by atoms with Gasteiger partial charge in [-0.25, -0.2) is 4.68 Å². The molecule has 0 aliphatic carbocycles. The summed E-state index contributed by atoms with van der Waals surface area (Å²) in [5, 5.41) is 11.7. The quantitative estimate of drug-likeness (QED) is 0.248. The van der Waals surface area contributed by atoms with Gasteiger partial charge in [-0.3, -0.25) is 0 Å². The summed E-state index contributed by atoms with van der Waals surface area (Å²) in [7, 11) is 1.62. The maximum atomic E-state index is 5.94. The number of aromatic nitrogens is 3. The molecular formula is C22H25IN4O3. The highest BCUT2D eigenvalue weighted by Gasteiger charge is 2.13. The Balaban J connectivity index is 1.58. The van der Waals surface area contributed by atoms with Crippen LogP contribution in [0.1, 0.15) is 31.9 Å². The van der Waals surface area contributed by atoms with Gasteiger partial charge >= 0.3 is 0 Å². The van der Waals surface area contributed by atoms with Gasteiger partial charge in [0.2, 0.25) is 0 Å². The van der Waals surface area contributed by atoms with E-state index in [2.05, 4.69) is 70.8 Å². The van der Waals surface area contributed by atoms with Crippen LogP contribution in [0, 0.1) is 3.57 Å². The van der Waals surface area contributed by atoms with Gasteiger partial charge in [-0.05, 0) is 63.4 Å². The summed E-state index contributed by atoms with van der Waals surface area (Å²) >= 11 is 2.22. The van der Waals surface area contributed by atoms with E-state index in [1.54, 1.807) is 13.3 Å². The van der Waals surface area contributed by atoms with E-state index in [1.807, 2.05) is 24.3 Å². The predicted molar refractivity (Wildman–Crippen MR) is 125 cm³/mol. The molecule has 0 amide bonds. The summed E-state index contributed by atoms with van der Waals surface area (Å²) in [6, 6.07) is 12.0. The van der Waals surface area contributed by atoms with Crippen molar-refractivity contribution in [3.8, 4) is 17.2 Å². The number of hydrogen-bond acceptors (Lipinski definition) is 6. The molecule has 3 aromatic rings. The highest BCUT2D eigenvalue weighted by Crippen LogP contribution is 2.33. The molecule has 0 aliphatic heterocycles. The van der Waals surface area contributed by atoms with Crippen LogP contribution < -0.4 is 14.2 Å². The van der Waals surface area contributed by atoms with E-state index in [9.17, 15) is 0 Å². The number of benzene rings is 2. The highest BCUT2D eigenvalue weighted by molar-refractivity contribution is 14.1. The number of rotatable bonds is 8. The van der Waals surface area contributed by atoms with Crippen molar-refractivity contribution in [2.45, 2.75) is 26.2 Å². The van der Waals surface area contributed by atoms with Gasteiger partial charge in [-0.15, -0.1) is 10.2 Å². The first-order valence-corrected chi connectivity index (χ1v) is 10.6. The summed E-state index contributed by atoms with van der Waals surface area (Å²) in [5.41, 5.74) is 2.28. The van der Waals surface area contributed by atoms with Crippen molar-refractivity contribution >= 4 is 28.8 Å². The van der Waals surface area contributed by atoms with Gasteiger partial charge in [0.15, 0.2) is 11.5 Å². The third-order valence-corrected chi connectivity index (χ3v) is 5.12. The molecule has 0 saturated heterocycles. The van der Waals surface area contributed by atoms with Crippen LogP contribution >= 0.6 is 22.6 Å². The van der Waals surface area contributed by atoms with E-state index >= 15 is 0 Å². The molecule has 0 radical (unpaired) electrons. The normalized spacial score (nSPS) is 11.6. The lowest BCUT2D eigenvalue weighted by molar-refractivity contribution is 0.210. The number of methoxy groups -OCH3 is 1. The van der Waals surface area contributed by atoms with Gasteiger partial charge in [0, 0.05) is 0 Å². The lowest BCUT2D eigenvalue weighted by atomic mass is 9.87. The summed E-state index contributed by atoms with van der Waals surface area (Å²) in [6.07, 6.45) is 4.75. The van der Waals surface area contributed by atoms with Gasteiger partial charge in [-0.1, -0.05) is 32.9 Å². The number of ether oxygens (including phenoxy) is 3. The van der Waals surface area contributed by atoms with E-state index in [0.717, 1.165) is 14.9 Å². The molecule has 0 bridgehead atoms. The zero-order chi connectivity index (χ0) is 21.6. The zero-order valence-electron chi connectivity index (χ0n) is 17.5. The Kier molecular flexibility index (Phi) is 7.30. The molecule has 0 aliphatic rings.